The molecule has 3 nitrogen and oxygen atoms in total. The van der Waals surface area contributed by atoms with E-state index in [1.54, 1.807) is 10.9 Å². The maximum atomic E-state index is 11.9. The van der Waals surface area contributed by atoms with Gasteiger partial charge in [-0.1, -0.05) is 12.1 Å². The van der Waals surface area contributed by atoms with E-state index in [1.165, 1.54) is 0 Å². The maximum Gasteiger partial charge on any atom is 0.135 e. The summed E-state index contributed by atoms with van der Waals surface area (Å²) in [5, 5.41) is 7.29. The Bertz CT molecular complexity index is 197. The molecule has 10 heavy (non-hydrogen) atoms. The molecule has 0 fully saturated rings. The Morgan fingerprint density at radius 1 is 1.70 bits per heavy atom. The van der Waals surface area contributed by atoms with Gasteiger partial charge < -0.3 is 0 Å². The first kappa shape index (κ1) is 7.18. The SMILES string of the molecule is CCCn1cc(CF)nn1. The molecule has 1 aromatic rings. The first-order valence-corrected chi connectivity index (χ1v) is 3.31. The summed E-state index contributed by atoms with van der Waals surface area (Å²) in [6.45, 7) is 2.33. The van der Waals surface area contributed by atoms with E-state index >= 15 is 0 Å². The molecule has 0 aliphatic heterocycles. The zero-order valence-electron chi connectivity index (χ0n) is 5.92. The van der Waals surface area contributed by atoms with Crippen molar-refractivity contribution in [2.24, 2.45) is 0 Å². The van der Waals surface area contributed by atoms with E-state index in [9.17, 15) is 4.39 Å². The summed E-state index contributed by atoms with van der Waals surface area (Å²) in [5.41, 5.74) is 0.411. The topological polar surface area (TPSA) is 30.7 Å². The van der Waals surface area contributed by atoms with Gasteiger partial charge in [0.05, 0.1) is 6.20 Å². The Morgan fingerprint density at radius 3 is 3.00 bits per heavy atom. The van der Waals surface area contributed by atoms with Crippen molar-refractivity contribution in [3.63, 3.8) is 0 Å². The van der Waals surface area contributed by atoms with E-state index in [2.05, 4.69) is 10.3 Å². The van der Waals surface area contributed by atoms with Gasteiger partial charge in [-0.05, 0) is 6.42 Å². The van der Waals surface area contributed by atoms with Crippen LogP contribution in [-0.2, 0) is 13.2 Å². The lowest BCUT2D eigenvalue weighted by Crippen LogP contribution is -1.96. The standard InChI is InChI=1S/C6H10FN3/c1-2-3-10-5-6(4-7)8-9-10/h5H,2-4H2,1H3. The largest absolute Gasteiger partial charge is 0.252 e. The maximum absolute atomic E-state index is 11.9. The van der Waals surface area contributed by atoms with Crippen LogP contribution in [0.25, 0.3) is 0 Å². The van der Waals surface area contributed by atoms with Gasteiger partial charge in [0.15, 0.2) is 0 Å². The third kappa shape index (κ3) is 1.52. The quantitative estimate of drug-likeness (QED) is 0.635. The van der Waals surface area contributed by atoms with Gasteiger partial charge in [0, 0.05) is 6.54 Å². The molecule has 1 aromatic heterocycles. The van der Waals surface area contributed by atoms with E-state index in [4.69, 9.17) is 0 Å². The molecule has 0 aliphatic carbocycles. The van der Waals surface area contributed by atoms with Crippen LogP contribution in [0, 0.1) is 0 Å². The Morgan fingerprint density at radius 2 is 2.50 bits per heavy atom. The monoisotopic (exact) mass is 143 g/mol. The van der Waals surface area contributed by atoms with Crippen LogP contribution in [0.5, 0.6) is 0 Å². The lowest BCUT2D eigenvalue weighted by molar-refractivity contribution is 0.475. The van der Waals surface area contributed by atoms with Gasteiger partial charge in [-0.3, -0.25) is 4.68 Å². The van der Waals surface area contributed by atoms with Crippen LogP contribution in [0.3, 0.4) is 0 Å². The minimum absolute atomic E-state index is 0.411. The molecule has 0 atom stereocenters. The number of rotatable bonds is 3. The molecule has 0 bridgehead atoms. The fourth-order valence-corrected chi connectivity index (χ4v) is 0.738. The second-order valence-corrected chi connectivity index (χ2v) is 2.11. The van der Waals surface area contributed by atoms with Crippen LogP contribution in [0.2, 0.25) is 0 Å². The fourth-order valence-electron chi connectivity index (χ4n) is 0.738. The van der Waals surface area contributed by atoms with Crippen LogP contribution in [0.4, 0.5) is 4.39 Å². The second-order valence-electron chi connectivity index (χ2n) is 2.11. The molecule has 4 heteroatoms. The van der Waals surface area contributed by atoms with E-state index in [0.717, 1.165) is 13.0 Å². The number of halogens is 1. The first-order valence-electron chi connectivity index (χ1n) is 3.31. The lowest BCUT2D eigenvalue weighted by atomic mass is 10.5. The number of alkyl halides is 1. The molecule has 1 rings (SSSR count). The van der Waals surface area contributed by atoms with Gasteiger partial charge in [0.1, 0.15) is 12.4 Å². The Labute approximate surface area is 58.9 Å². The zero-order valence-corrected chi connectivity index (χ0v) is 5.92. The summed E-state index contributed by atoms with van der Waals surface area (Å²) in [6, 6.07) is 0. The van der Waals surface area contributed by atoms with Gasteiger partial charge in [0.2, 0.25) is 0 Å². The Hall–Kier alpha value is -0.930. The van der Waals surface area contributed by atoms with Gasteiger partial charge in [-0.25, -0.2) is 4.39 Å². The van der Waals surface area contributed by atoms with Crippen LogP contribution in [-0.4, -0.2) is 15.0 Å². The fraction of sp³-hybridized carbons (Fsp3) is 0.667. The Balaban J connectivity index is 2.59. The predicted molar refractivity (Wildman–Crippen MR) is 35.1 cm³/mol. The smallest absolute Gasteiger partial charge is 0.135 e. The highest BCUT2D eigenvalue weighted by Gasteiger charge is 1.96. The molecule has 0 saturated heterocycles. The highest BCUT2D eigenvalue weighted by molar-refractivity contribution is 4.88. The van der Waals surface area contributed by atoms with E-state index in [1.807, 2.05) is 6.92 Å². The summed E-state index contributed by atoms with van der Waals surface area (Å²) in [4.78, 5) is 0. The van der Waals surface area contributed by atoms with E-state index < -0.39 is 6.67 Å². The third-order valence-electron chi connectivity index (χ3n) is 1.18. The van der Waals surface area contributed by atoms with Crippen molar-refractivity contribution in [1.82, 2.24) is 15.0 Å². The molecule has 56 valence electrons. The van der Waals surface area contributed by atoms with Gasteiger partial charge in [-0.15, -0.1) is 5.10 Å². The highest BCUT2D eigenvalue weighted by atomic mass is 19.1. The van der Waals surface area contributed by atoms with Crippen LogP contribution in [0.15, 0.2) is 6.20 Å². The van der Waals surface area contributed by atoms with E-state index in [0.29, 0.717) is 5.69 Å². The molecule has 0 unspecified atom stereocenters. The number of hydrogen-bond donors (Lipinski definition) is 0. The van der Waals surface area contributed by atoms with Crippen LogP contribution in [0.1, 0.15) is 19.0 Å². The highest BCUT2D eigenvalue weighted by Crippen LogP contribution is 1.95. The van der Waals surface area contributed by atoms with Crippen molar-refractivity contribution >= 4 is 0 Å². The molecule has 0 spiro atoms. The molecular formula is C6H10FN3. The molecule has 0 amide bonds. The van der Waals surface area contributed by atoms with Crippen molar-refractivity contribution in [3.05, 3.63) is 11.9 Å². The molecule has 0 N–H and O–H groups in total. The molecule has 0 radical (unpaired) electrons. The molecule has 0 aliphatic rings. The molecule has 0 aromatic carbocycles. The van der Waals surface area contributed by atoms with Crippen molar-refractivity contribution in [2.75, 3.05) is 0 Å². The summed E-state index contributed by atoms with van der Waals surface area (Å²) >= 11 is 0. The molecule has 1 heterocycles. The zero-order chi connectivity index (χ0) is 7.40. The lowest BCUT2D eigenvalue weighted by Gasteiger charge is -1.91. The van der Waals surface area contributed by atoms with E-state index in [-0.39, 0.29) is 0 Å². The average Bonchev–Trinajstić information content (AvgIpc) is 2.37. The predicted octanol–water partition coefficient (Wildman–Crippen LogP) is 1.16. The van der Waals surface area contributed by atoms with Gasteiger partial charge >= 0.3 is 0 Å². The average molecular weight is 143 g/mol. The summed E-state index contributed by atoms with van der Waals surface area (Å²) in [7, 11) is 0. The Kier molecular flexibility index (Phi) is 2.36. The summed E-state index contributed by atoms with van der Waals surface area (Å²) in [5.74, 6) is 0. The van der Waals surface area contributed by atoms with Crippen molar-refractivity contribution in [3.8, 4) is 0 Å². The van der Waals surface area contributed by atoms with Gasteiger partial charge in [0.25, 0.3) is 0 Å². The summed E-state index contributed by atoms with van der Waals surface area (Å²) in [6.07, 6.45) is 2.62. The number of aromatic nitrogens is 3. The molecular weight excluding hydrogens is 133 g/mol. The molecule has 0 saturated carbocycles. The van der Waals surface area contributed by atoms with Gasteiger partial charge in [-0.2, -0.15) is 0 Å². The first-order chi connectivity index (χ1) is 4.86. The van der Waals surface area contributed by atoms with Crippen LogP contribution < -0.4 is 0 Å². The van der Waals surface area contributed by atoms with Crippen molar-refractivity contribution in [2.45, 2.75) is 26.6 Å². The minimum atomic E-state index is -0.524. The third-order valence-corrected chi connectivity index (χ3v) is 1.18. The van der Waals surface area contributed by atoms with Crippen molar-refractivity contribution in [1.29, 1.82) is 0 Å². The van der Waals surface area contributed by atoms with Crippen LogP contribution >= 0.6 is 0 Å². The minimum Gasteiger partial charge on any atom is -0.252 e. The number of hydrogen-bond acceptors (Lipinski definition) is 2. The summed E-state index contributed by atoms with van der Waals surface area (Å²) < 4.78 is 13.5. The van der Waals surface area contributed by atoms with Crippen molar-refractivity contribution < 1.29 is 4.39 Å². The normalized spacial score (nSPS) is 10.2. The number of aryl methyl sites for hydroxylation is 1. The number of nitrogens with zero attached hydrogens (tertiary/aromatic N) is 3. The second kappa shape index (κ2) is 3.29.